The van der Waals surface area contributed by atoms with Crippen LogP contribution in [0.4, 0.5) is 0 Å². The number of aliphatic hydroxyl groups is 1. The van der Waals surface area contributed by atoms with Gasteiger partial charge >= 0.3 is 0 Å². The minimum absolute atomic E-state index is 0.0352. The van der Waals surface area contributed by atoms with Crippen LogP contribution in [0.15, 0.2) is 36.4 Å². The van der Waals surface area contributed by atoms with E-state index in [2.05, 4.69) is 17.3 Å². The molecule has 32 heavy (non-hydrogen) atoms. The Balaban J connectivity index is 1.32. The first-order chi connectivity index (χ1) is 15.2. The lowest BCUT2D eigenvalue weighted by molar-refractivity contribution is -0.136. The lowest BCUT2D eigenvalue weighted by atomic mass is 9.61. The van der Waals surface area contributed by atoms with Crippen LogP contribution in [0.2, 0.25) is 10.0 Å². The molecule has 0 aromatic heterocycles. The number of nitrogens with zero attached hydrogens (tertiary/aromatic N) is 1. The van der Waals surface area contributed by atoms with Crippen LogP contribution in [0.3, 0.4) is 0 Å². The number of aromatic hydroxyl groups is 1. The van der Waals surface area contributed by atoms with Crippen molar-refractivity contribution in [3.8, 4) is 5.75 Å². The summed E-state index contributed by atoms with van der Waals surface area (Å²) < 4.78 is 0. The second-order valence-electron chi connectivity index (χ2n) is 10.4. The Hall–Kier alpha value is -1.79. The van der Waals surface area contributed by atoms with Crippen molar-refractivity contribution in [2.75, 3.05) is 13.6 Å². The Kier molecular flexibility index (Phi) is 4.31. The minimum Gasteiger partial charge on any atom is -0.508 e. The Morgan fingerprint density at radius 2 is 2.03 bits per heavy atom. The van der Waals surface area contributed by atoms with Crippen LogP contribution in [0.25, 0.3) is 0 Å². The van der Waals surface area contributed by atoms with Crippen molar-refractivity contribution >= 4 is 29.1 Å². The van der Waals surface area contributed by atoms with Crippen LogP contribution in [-0.4, -0.2) is 46.3 Å². The topological polar surface area (TPSA) is 72.8 Å². The summed E-state index contributed by atoms with van der Waals surface area (Å²) in [5.41, 5.74) is 1.62. The molecule has 2 aromatic carbocycles. The maximum atomic E-state index is 13.2. The number of carbonyl (C=O) groups excluding carboxylic acids is 1. The average molecular weight is 473 g/mol. The van der Waals surface area contributed by atoms with E-state index in [9.17, 15) is 15.0 Å². The van der Waals surface area contributed by atoms with Gasteiger partial charge in [-0.1, -0.05) is 35.3 Å². The third-order valence-corrected chi connectivity index (χ3v) is 9.25. The van der Waals surface area contributed by atoms with Gasteiger partial charge in [-0.15, -0.1) is 0 Å². The first kappa shape index (κ1) is 20.8. The Bertz CT molecular complexity index is 1160. The molecule has 2 spiro atoms. The summed E-state index contributed by atoms with van der Waals surface area (Å²) in [7, 11) is 2.07. The van der Waals surface area contributed by atoms with Crippen molar-refractivity contribution in [2.45, 2.75) is 49.3 Å². The van der Waals surface area contributed by atoms with Gasteiger partial charge in [0.2, 0.25) is 5.91 Å². The van der Waals surface area contributed by atoms with Gasteiger partial charge in [-0.25, -0.2) is 0 Å². The first-order valence-corrected chi connectivity index (χ1v) is 11.9. The summed E-state index contributed by atoms with van der Waals surface area (Å²) in [6.07, 6.45) is 2.81. The number of nitrogens with one attached hydrogen (secondary N) is 1. The number of amides is 1. The van der Waals surface area contributed by atoms with Crippen molar-refractivity contribution < 1.29 is 15.0 Å². The number of phenolic OH excluding ortho intramolecular Hbond substituents is 1. The van der Waals surface area contributed by atoms with E-state index < -0.39 is 11.0 Å². The van der Waals surface area contributed by atoms with E-state index in [1.165, 1.54) is 5.56 Å². The number of likely N-dealkylation sites (N-methyl/N-ethyl adjacent to an activating group) is 1. The smallest absolute Gasteiger partial charge is 0.223 e. The van der Waals surface area contributed by atoms with Gasteiger partial charge in [-0.2, -0.15) is 0 Å². The van der Waals surface area contributed by atoms with E-state index in [1.54, 1.807) is 18.2 Å². The van der Waals surface area contributed by atoms with E-state index in [0.29, 0.717) is 29.4 Å². The van der Waals surface area contributed by atoms with Gasteiger partial charge in [0.1, 0.15) is 5.75 Å². The molecule has 2 saturated carbocycles. The lowest BCUT2D eigenvalue weighted by Crippen LogP contribution is -2.68. The Morgan fingerprint density at radius 3 is 2.78 bits per heavy atom. The minimum atomic E-state index is -0.987. The molecule has 0 radical (unpaired) electrons. The number of hydrogen-bond donors (Lipinski definition) is 3. The molecule has 1 saturated heterocycles. The van der Waals surface area contributed by atoms with Crippen LogP contribution in [0, 0.1) is 11.3 Å². The third-order valence-electron chi connectivity index (χ3n) is 8.66. The molecule has 5 nitrogen and oxygen atoms in total. The summed E-state index contributed by atoms with van der Waals surface area (Å²) in [5, 5.41) is 26.6. The number of carbonyl (C=O) groups is 1. The molecule has 3 N–H and O–H groups in total. The fraction of sp³-hybridized carbons (Fsp3) is 0.480. The molecule has 2 bridgehead atoms. The molecule has 1 heterocycles. The van der Waals surface area contributed by atoms with Crippen molar-refractivity contribution in [1.82, 2.24) is 10.2 Å². The highest BCUT2D eigenvalue weighted by atomic mass is 35.5. The van der Waals surface area contributed by atoms with Gasteiger partial charge in [0.05, 0.1) is 5.60 Å². The standard InChI is InChI=1S/C25H26Cl2N2O3/c1-29-13-23-8-14-3-5-18(30)7-19(14)24(12-23)9-16(10-25(24,32)22(23)29)21(31)28-11-15-2-4-17(26)6-20(15)27/h2-7,16,22,30,32H,8-13H2,1H3,(H,28,31)/t16-,22+,23?,24?,25+/m0/s1. The van der Waals surface area contributed by atoms with E-state index >= 15 is 0 Å². The second-order valence-corrected chi connectivity index (χ2v) is 11.3. The molecule has 2 aromatic rings. The SMILES string of the molecule is CN1CC23Cc4ccc(O)cc4C4(C[C@H](C(=O)NCc5ccc(Cl)cc5Cl)C[C@@]4(O)[C@H]12)C3. The lowest BCUT2D eigenvalue weighted by Gasteiger charge is -2.56. The molecule has 4 aliphatic rings. The fourth-order valence-corrected chi connectivity index (χ4v) is 8.34. The normalized spacial score (nSPS) is 36.8. The maximum absolute atomic E-state index is 13.2. The summed E-state index contributed by atoms with van der Waals surface area (Å²) in [5.74, 6) is -0.145. The molecule has 1 amide bonds. The number of fused-ring (bicyclic) bond motifs is 2. The van der Waals surface area contributed by atoms with Gasteiger partial charge in [-0.05, 0) is 73.7 Å². The molecular formula is C25H26Cl2N2O3. The summed E-state index contributed by atoms with van der Waals surface area (Å²) in [4.78, 5) is 15.5. The Morgan fingerprint density at radius 1 is 1.22 bits per heavy atom. The van der Waals surface area contributed by atoms with E-state index in [1.807, 2.05) is 18.2 Å². The number of rotatable bonds is 3. The van der Waals surface area contributed by atoms with Crippen molar-refractivity contribution in [3.63, 3.8) is 0 Å². The number of phenols is 1. The summed E-state index contributed by atoms with van der Waals surface area (Å²) in [6, 6.07) is 10.8. The number of likely N-dealkylation sites (tertiary alicyclic amines) is 1. The van der Waals surface area contributed by atoms with Gasteiger partial charge in [-0.3, -0.25) is 9.69 Å². The van der Waals surface area contributed by atoms with Crippen molar-refractivity contribution in [3.05, 3.63) is 63.1 Å². The second kappa shape index (κ2) is 6.63. The van der Waals surface area contributed by atoms with E-state index in [-0.39, 0.29) is 29.0 Å². The average Bonchev–Trinajstić information content (AvgIpc) is 3.06. The molecule has 3 aliphatic carbocycles. The Labute approximate surface area is 197 Å². The molecule has 3 fully saturated rings. The van der Waals surface area contributed by atoms with Crippen LogP contribution >= 0.6 is 23.2 Å². The molecular weight excluding hydrogens is 447 g/mol. The van der Waals surface area contributed by atoms with Crippen molar-refractivity contribution in [1.29, 1.82) is 0 Å². The van der Waals surface area contributed by atoms with Crippen molar-refractivity contribution in [2.24, 2.45) is 11.3 Å². The monoisotopic (exact) mass is 472 g/mol. The van der Waals surface area contributed by atoms with Gasteiger partial charge in [0.25, 0.3) is 0 Å². The summed E-state index contributed by atoms with van der Waals surface area (Å²) in [6.45, 7) is 1.29. The largest absolute Gasteiger partial charge is 0.508 e. The molecule has 2 unspecified atom stereocenters. The maximum Gasteiger partial charge on any atom is 0.223 e. The zero-order chi connectivity index (χ0) is 22.5. The van der Waals surface area contributed by atoms with E-state index in [4.69, 9.17) is 23.2 Å². The highest BCUT2D eigenvalue weighted by Crippen LogP contribution is 2.73. The highest BCUT2D eigenvalue weighted by Gasteiger charge is 2.79. The molecule has 168 valence electrons. The predicted molar refractivity (Wildman–Crippen MR) is 123 cm³/mol. The van der Waals surface area contributed by atoms with Crippen LogP contribution in [0.5, 0.6) is 5.75 Å². The van der Waals surface area contributed by atoms with Gasteiger partial charge in [0, 0.05) is 45.9 Å². The van der Waals surface area contributed by atoms with Gasteiger partial charge < -0.3 is 15.5 Å². The van der Waals surface area contributed by atoms with Crippen LogP contribution < -0.4 is 5.32 Å². The molecule has 1 aliphatic heterocycles. The first-order valence-electron chi connectivity index (χ1n) is 11.1. The summed E-state index contributed by atoms with van der Waals surface area (Å²) >= 11 is 12.2. The third kappa shape index (κ3) is 2.57. The van der Waals surface area contributed by atoms with Crippen LogP contribution in [-0.2, 0) is 23.2 Å². The molecule has 5 atom stereocenters. The molecule has 6 rings (SSSR count). The number of hydrogen-bond acceptors (Lipinski definition) is 4. The highest BCUT2D eigenvalue weighted by molar-refractivity contribution is 6.35. The predicted octanol–water partition coefficient (Wildman–Crippen LogP) is 3.65. The molecule has 7 heteroatoms. The zero-order valence-electron chi connectivity index (χ0n) is 17.9. The fourth-order valence-electron chi connectivity index (χ4n) is 7.87. The number of halogens is 2. The zero-order valence-corrected chi connectivity index (χ0v) is 19.4. The van der Waals surface area contributed by atoms with E-state index in [0.717, 1.165) is 30.5 Å². The number of benzene rings is 2. The van der Waals surface area contributed by atoms with Gasteiger partial charge in [0.15, 0.2) is 0 Å². The van der Waals surface area contributed by atoms with Crippen LogP contribution in [0.1, 0.15) is 36.0 Å². The quantitative estimate of drug-likeness (QED) is 0.637.